The Morgan fingerprint density at radius 2 is 1.70 bits per heavy atom. The summed E-state index contributed by atoms with van der Waals surface area (Å²) in [7, 11) is 1.28. The molecular weight excluding hydrogens is 305 g/mol. The Hall–Kier alpha value is -2.30. The fourth-order valence-corrected chi connectivity index (χ4v) is 2.37. The number of carbonyl (C=O) groups is 1. The monoisotopic (exact) mass is 322 g/mol. The van der Waals surface area contributed by atoms with E-state index in [1.165, 1.54) is 13.2 Å². The lowest BCUT2D eigenvalue weighted by Gasteiger charge is -2.12. The van der Waals surface area contributed by atoms with Crippen LogP contribution < -0.4 is 0 Å². The van der Waals surface area contributed by atoms with Gasteiger partial charge in [0.2, 0.25) is 0 Å². The third kappa shape index (κ3) is 4.12. The van der Waals surface area contributed by atoms with E-state index < -0.39 is 17.7 Å². The fraction of sp³-hybridized carbons (Fsp3) is 0.278. The van der Waals surface area contributed by atoms with Crippen LogP contribution in [0.5, 0.6) is 0 Å². The number of halogens is 3. The van der Waals surface area contributed by atoms with Crippen LogP contribution in [0.4, 0.5) is 13.2 Å². The summed E-state index contributed by atoms with van der Waals surface area (Å²) in [6.07, 6.45) is -3.04. The van der Waals surface area contributed by atoms with Gasteiger partial charge in [0, 0.05) is 0 Å². The Labute approximate surface area is 132 Å². The van der Waals surface area contributed by atoms with Crippen molar-refractivity contribution in [2.75, 3.05) is 7.11 Å². The molecule has 0 aliphatic carbocycles. The molecule has 5 heteroatoms. The van der Waals surface area contributed by atoms with Gasteiger partial charge in [0.1, 0.15) is 0 Å². The van der Waals surface area contributed by atoms with E-state index in [0.717, 1.165) is 12.5 Å². The number of alkyl halides is 3. The van der Waals surface area contributed by atoms with Crippen molar-refractivity contribution in [1.29, 1.82) is 0 Å². The van der Waals surface area contributed by atoms with Crippen LogP contribution in [0, 0.1) is 0 Å². The van der Waals surface area contributed by atoms with Crippen molar-refractivity contribution < 1.29 is 22.7 Å². The summed E-state index contributed by atoms with van der Waals surface area (Å²) in [5.41, 5.74) is 1.46. The van der Waals surface area contributed by atoms with Crippen molar-refractivity contribution in [3.63, 3.8) is 0 Å². The molecule has 0 spiro atoms. The summed E-state index contributed by atoms with van der Waals surface area (Å²) in [6.45, 7) is 1.92. The van der Waals surface area contributed by atoms with E-state index in [2.05, 4.69) is 4.74 Å². The molecule has 122 valence electrons. The topological polar surface area (TPSA) is 26.3 Å². The summed E-state index contributed by atoms with van der Waals surface area (Å²) in [6, 6.07) is 10.4. The van der Waals surface area contributed by atoms with Crippen molar-refractivity contribution >= 4 is 5.97 Å². The van der Waals surface area contributed by atoms with Gasteiger partial charge in [-0.2, -0.15) is 13.2 Å². The molecule has 2 rings (SSSR count). The minimum atomic E-state index is -4.38. The SMILES string of the molecule is CCCc1cc(-c2ccc(C(=O)OC)cc2)cc(C(F)(F)F)c1. The lowest BCUT2D eigenvalue weighted by Crippen LogP contribution is -2.06. The predicted molar refractivity (Wildman–Crippen MR) is 82.2 cm³/mol. The zero-order valence-electron chi connectivity index (χ0n) is 12.9. The van der Waals surface area contributed by atoms with Gasteiger partial charge in [0.15, 0.2) is 0 Å². The largest absolute Gasteiger partial charge is 0.465 e. The van der Waals surface area contributed by atoms with Gasteiger partial charge in [0.25, 0.3) is 0 Å². The van der Waals surface area contributed by atoms with Crippen LogP contribution in [-0.4, -0.2) is 13.1 Å². The molecule has 2 nitrogen and oxygen atoms in total. The average Bonchev–Trinajstić information content (AvgIpc) is 2.53. The summed E-state index contributed by atoms with van der Waals surface area (Å²) in [4.78, 5) is 11.4. The summed E-state index contributed by atoms with van der Waals surface area (Å²) in [5.74, 6) is -0.479. The molecule has 0 unspecified atom stereocenters. The minimum absolute atomic E-state index is 0.358. The number of esters is 1. The Morgan fingerprint density at radius 1 is 1.04 bits per heavy atom. The van der Waals surface area contributed by atoms with Gasteiger partial charge in [-0.3, -0.25) is 0 Å². The third-order valence-corrected chi connectivity index (χ3v) is 3.50. The van der Waals surface area contributed by atoms with Gasteiger partial charge in [-0.05, 0) is 47.4 Å². The zero-order valence-corrected chi connectivity index (χ0v) is 12.9. The summed E-state index contributed by atoms with van der Waals surface area (Å²) < 4.78 is 43.8. The molecule has 0 saturated heterocycles. The molecule has 0 N–H and O–H groups in total. The highest BCUT2D eigenvalue weighted by Gasteiger charge is 2.31. The van der Waals surface area contributed by atoms with Crippen LogP contribution in [0.15, 0.2) is 42.5 Å². The average molecular weight is 322 g/mol. The molecule has 2 aromatic rings. The number of hydrogen-bond donors (Lipinski definition) is 0. The van der Waals surface area contributed by atoms with Crippen LogP contribution in [-0.2, 0) is 17.3 Å². The highest BCUT2D eigenvalue weighted by atomic mass is 19.4. The normalized spacial score (nSPS) is 11.3. The molecule has 0 aliphatic heterocycles. The number of rotatable bonds is 4. The van der Waals surface area contributed by atoms with E-state index in [4.69, 9.17) is 0 Å². The lowest BCUT2D eigenvalue weighted by atomic mass is 9.97. The van der Waals surface area contributed by atoms with E-state index in [-0.39, 0.29) is 0 Å². The first-order valence-corrected chi connectivity index (χ1v) is 7.25. The number of aryl methyl sites for hydroxylation is 1. The zero-order chi connectivity index (χ0) is 17.0. The molecular formula is C18H17F3O2. The second-order valence-electron chi connectivity index (χ2n) is 5.24. The first kappa shape index (κ1) is 17.1. The number of hydrogen-bond acceptors (Lipinski definition) is 2. The van der Waals surface area contributed by atoms with E-state index in [1.54, 1.807) is 30.3 Å². The van der Waals surface area contributed by atoms with E-state index in [0.29, 0.717) is 28.7 Å². The molecule has 2 aromatic carbocycles. The molecule has 23 heavy (non-hydrogen) atoms. The maximum Gasteiger partial charge on any atom is 0.416 e. The number of ether oxygens (including phenoxy) is 1. The van der Waals surface area contributed by atoms with Crippen molar-refractivity contribution in [3.8, 4) is 11.1 Å². The molecule has 0 radical (unpaired) electrons. The number of methoxy groups -OCH3 is 1. The van der Waals surface area contributed by atoms with Crippen LogP contribution in [0.25, 0.3) is 11.1 Å². The molecule has 0 fully saturated rings. The third-order valence-electron chi connectivity index (χ3n) is 3.50. The van der Waals surface area contributed by atoms with Gasteiger partial charge < -0.3 is 4.74 Å². The molecule has 0 saturated carbocycles. The Kier molecular flexibility index (Phi) is 5.08. The Balaban J connectivity index is 2.45. The first-order chi connectivity index (χ1) is 10.8. The highest BCUT2D eigenvalue weighted by Crippen LogP contribution is 2.34. The van der Waals surface area contributed by atoms with Crippen molar-refractivity contribution in [3.05, 3.63) is 59.2 Å². The van der Waals surface area contributed by atoms with E-state index in [1.807, 2.05) is 6.92 Å². The van der Waals surface area contributed by atoms with Gasteiger partial charge >= 0.3 is 12.1 Å². The number of carbonyl (C=O) groups excluding carboxylic acids is 1. The van der Waals surface area contributed by atoms with Gasteiger partial charge in [-0.15, -0.1) is 0 Å². The molecule has 0 amide bonds. The van der Waals surface area contributed by atoms with Gasteiger partial charge in [-0.1, -0.05) is 31.5 Å². The molecule has 0 heterocycles. The Bertz CT molecular complexity index is 688. The van der Waals surface area contributed by atoms with Crippen molar-refractivity contribution in [1.82, 2.24) is 0 Å². The minimum Gasteiger partial charge on any atom is -0.465 e. The molecule has 0 aromatic heterocycles. The quantitative estimate of drug-likeness (QED) is 0.731. The van der Waals surface area contributed by atoms with E-state index >= 15 is 0 Å². The second-order valence-corrected chi connectivity index (χ2v) is 5.24. The maximum absolute atomic E-state index is 13.1. The fourth-order valence-electron chi connectivity index (χ4n) is 2.37. The van der Waals surface area contributed by atoms with E-state index in [9.17, 15) is 18.0 Å². The van der Waals surface area contributed by atoms with Gasteiger partial charge in [-0.25, -0.2) is 4.79 Å². The lowest BCUT2D eigenvalue weighted by molar-refractivity contribution is -0.137. The standard InChI is InChI=1S/C18H17F3O2/c1-3-4-12-9-15(11-16(10-12)18(19,20)21)13-5-7-14(8-6-13)17(22)23-2/h5-11H,3-4H2,1-2H3. The predicted octanol–water partition coefficient (Wildman–Crippen LogP) is 5.11. The van der Waals surface area contributed by atoms with Crippen LogP contribution >= 0.6 is 0 Å². The second kappa shape index (κ2) is 6.86. The summed E-state index contributed by atoms with van der Waals surface area (Å²) in [5, 5.41) is 0. The van der Waals surface area contributed by atoms with Crippen LogP contribution in [0.1, 0.15) is 34.8 Å². The summed E-state index contributed by atoms with van der Waals surface area (Å²) >= 11 is 0. The Morgan fingerprint density at radius 3 is 2.22 bits per heavy atom. The van der Waals surface area contributed by atoms with Crippen molar-refractivity contribution in [2.45, 2.75) is 25.9 Å². The van der Waals surface area contributed by atoms with Crippen molar-refractivity contribution in [2.24, 2.45) is 0 Å². The van der Waals surface area contributed by atoms with Gasteiger partial charge in [0.05, 0.1) is 18.2 Å². The molecule has 0 aliphatic rings. The highest BCUT2D eigenvalue weighted by molar-refractivity contribution is 5.90. The smallest absolute Gasteiger partial charge is 0.416 e. The molecule has 0 atom stereocenters. The first-order valence-electron chi connectivity index (χ1n) is 7.25. The number of benzene rings is 2. The molecule has 0 bridgehead atoms. The maximum atomic E-state index is 13.1. The van der Waals surface area contributed by atoms with Crippen LogP contribution in [0.2, 0.25) is 0 Å². The van der Waals surface area contributed by atoms with Crippen LogP contribution in [0.3, 0.4) is 0 Å².